The second-order valence-corrected chi connectivity index (χ2v) is 6.50. The van der Waals surface area contributed by atoms with E-state index in [9.17, 15) is 8.42 Å². The number of rotatable bonds is 5. The highest BCUT2D eigenvalue weighted by Gasteiger charge is 2.17. The molecule has 21 heavy (non-hydrogen) atoms. The number of hydrogen-bond acceptors (Lipinski definition) is 4. The van der Waals surface area contributed by atoms with Crippen molar-refractivity contribution in [3.05, 3.63) is 46.7 Å². The van der Waals surface area contributed by atoms with Crippen LogP contribution in [0.1, 0.15) is 6.92 Å². The number of hydrogen-bond donors (Lipinski definition) is 1. The molecule has 0 atom stereocenters. The van der Waals surface area contributed by atoms with Gasteiger partial charge in [-0.3, -0.25) is 4.72 Å². The molecular formula is C13H12Cl2N2O3S. The van der Waals surface area contributed by atoms with E-state index in [-0.39, 0.29) is 15.7 Å². The topological polar surface area (TPSA) is 68.3 Å². The number of benzene rings is 1. The number of halogens is 2. The van der Waals surface area contributed by atoms with Crippen LogP contribution in [0.2, 0.25) is 10.2 Å². The standard InChI is InChI=1S/C13H12Cl2N2O3S/c1-2-20-12-5-3-9(14)7-11(12)17-21(18,19)10-4-6-13(15)16-8-10/h3-8,17H,2H2,1H3. The van der Waals surface area contributed by atoms with E-state index < -0.39 is 10.0 Å². The molecule has 2 aromatic rings. The van der Waals surface area contributed by atoms with E-state index in [4.69, 9.17) is 27.9 Å². The lowest BCUT2D eigenvalue weighted by molar-refractivity contribution is 0.342. The van der Waals surface area contributed by atoms with E-state index in [1.165, 1.54) is 24.4 Å². The van der Waals surface area contributed by atoms with E-state index in [2.05, 4.69) is 9.71 Å². The van der Waals surface area contributed by atoms with E-state index in [0.717, 1.165) is 0 Å². The summed E-state index contributed by atoms with van der Waals surface area (Å²) in [4.78, 5) is 3.75. The lowest BCUT2D eigenvalue weighted by Gasteiger charge is -2.13. The summed E-state index contributed by atoms with van der Waals surface area (Å²) in [6.07, 6.45) is 1.18. The van der Waals surface area contributed by atoms with Crippen molar-refractivity contribution in [2.75, 3.05) is 11.3 Å². The Morgan fingerprint density at radius 1 is 1.24 bits per heavy atom. The molecule has 0 bridgehead atoms. The Labute approximate surface area is 132 Å². The van der Waals surface area contributed by atoms with Crippen molar-refractivity contribution in [1.82, 2.24) is 4.98 Å². The Bertz CT molecular complexity index is 734. The van der Waals surface area contributed by atoms with Crippen molar-refractivity contribution < 1.29 is 13.2 Å². The van der Waals surface area contributed by atoms with Crippen LogP contribution < -0.4 is 9.46 Å². The molecule has 112 valence electrons. The van der Waals surface area contributed by atoms with Crippen molar-refractivity contribution in [1.29, 1.82) is 0 Å². The van der Waals surface area contributed by atoms with Crippen LogP contribution in [0.15, 0.2) is 41.4 Å². The normalized spacial score (nSPS) is 11.2. The smallest absolute Gasteiger partial charge is 0.263 e. The first-order valence-corrected chi connectivity index (χ1v) is 8.23. The zero-order valence-electron chi connectivity index (χ0n) is 11.0. The summed E-state index contributed by atoms with van der Waals surface area (Å²) in [6, 6.07) is 7.46. The lowest BCUT2D eigenvalue weighted by atomic mass is 10.3. The van der Waals surface area contributed by atoms with Gasteiger partial charge in [-0.25, -0.2) is 13.4 Å². The Balaban J connectivity index is 2.36. The first-order valence-electron chi connectivity index (χ1n) is 5.99. The molecule has 1 N–H and O–H groups in total. The largest absolute Gasteiger partial charge is 0.492 e. The van der Waals surface area contributed by atoms with Crippen LogP contribution in [0.5, 0.6) is 5.75 Å². The minimum atomic E-state index is -3.80. The maximum atomic E-state index is 12.3. The van der Waals surface area contributed by atoms with Crippen molar-refractivity contribution in [2.45, 2.75) is 11.8 Å². The Kier molecular flexibility index (Phi) is 4.92. The zero-order valence-corrected chi connectivity index (χ0v) is 13.3. The molecule has 0 spiro atoms. The fourth-order valence-corrected chi connectivity index (χ4v) is 2.88. The average Bonchev–Trinajstić information content (AvgIpc) is 2.42. The highest BCUT2D eigenvalue weighted by atomic mass is 35.5. The van der Waals surface area contributed by atoms with E-state index in [0.29, 0.717) is 17.4 Å². The predicted octanol–water partition coefficient (Wildman–Crippen LogP) is 3.59. The number of anilines is 1. The maximum Gasteiger partial charge on any atom is 0.263 e. The summed E-state index contributed by atoms with van der Waals surface area (Å²) >= 11 is 11.5. The fourth-order valence-electron chi connectivity index (χ4n) is 1.59. The fraction of sp³-hybridized carbons (Fsp3) is 0.154. The lowest BCUT2D eigenvalue weighted by Crippen LogP contribution is -2.14. The van der Waals surface area contributed by atoms with Crippen LogP contribution in [0, 0.1) is 0 Å². The summed E-state index contributed by atoms with van der Waals surface area (Å²) in [6.45, 7) is 2.20. The van der Waals surface area contributed by atoms with Crippen LogP contribution in [-0.4, -0.2) is 20.0 Å². The van der Waals surface area contributed by atoms with Crippen LogP contribution in [-0.2, 0) is 10.0 Å². The Morgan fingerprint density at radius 2 is 2.00 bits per heavy atom. The Morgan fingerprint density at radius 3 is 2.62 bits per heavy atom. The molecule has 0 amide bonds. The molecule has 8 heteroatoms. The van der Waals surface area contributed by atoms with Gasteiger partial charge in [0.15, 0.2) is 0 Å². The molecule has 0 aliphatic heterocycles. The van der Waals surface area contributed by atoms with Crippen molar-refractivity contribution in [3.8, 4) is 5.75 Å². The summed E-state index contributed by atoms with van der Waals surface area (Å²) < 4.78 is 32.4. The molecular weight excluding hydrogens is 335 g/mol. The SMILES string of the molecule is CCOc1ccc(Cl)cc1NS(=O)(=O)c1ccc(Cl)nc1. The maximum absolute atomic E-state index is 12.3. The highest BCUT2D eigenvalue weighted by molar-refractivity contribution is 7.92. The van der Waals surface area contributed by atoms with Gasteiger partial charge in [-0.05, 0) is 37.3 Å². The predicted molar refractivity (Wildman–Crippen MR) is 82.7 cm³/mol. The number of pyridine rings is 1. The third-order valence-corrected chi connectivity index (χ3v) is 4.31. The summed E-state index contributed by atoms with van der Waals surface area (Å²) in [5.74, 6) is 0.396. The van der Waals surface area contributed by atoms with Gasteiger partial charge >= 0.3 is 0 Å². The monoisotopic (exact) mass is 346 g/mol. The summed E-state index contributed by atoms with van der Waals surface area (Å²) in [5, 5.41) is 0.608. The van der Waals surface area contributed by atoms with Gasteiger partial charge in [-0.15, -0.1) is 0 Å². The van der Waals surface area contributed by atoms with E-state index >= 15 is 0 Å². The first kappa shape index (κ1) is 15.9. The van der Waals surface area contributed by atoms with Gasteiger partial charge in [0.2, 0.25) is 0 Å². The number of aromatic nitrogens is 1. The van der Waals surface area contributed by atoms with Gasteiger partial charge < -0.3 is 4.74 Å². The summed E-state index contributed by atoms with van der Waals surface area (Å²) in [5.41, 5.74) is 0.263. The molecule has 0 unspecified atom stereocenters. The molecule has 5 nitrogen and oxygen atoms in total. The minimum absolute atomic E-state index is 0.00526. The van der Waals surface area contributed by atoms with E-state index in [1.807, 2.05) is 0 Å². The minimum Gasteiger partial charge on any atom is -0.492 e. The van der Waals surface area contributed by atoms with Crippen molar-refractivity contribution in [2.24, 2.45) is 0 Å². The van der Waals surface area contributed by atoms with Gasteiger partial charge in [0, 0.05) is 11.2 Å². The molecule has 1 aromatic heterocycles. The number of nitrogens with one attached hydrogen (secondary N) is 1. The molecule has 0 saturated carbocycles. The second kappa shape index (κ2) is 6.51. The molecule has 1 heterocycles. The third kappa shape index (κ3) is 4.00. The van der Waals surface area contributed by atoms with Gasteiger partial charge in [0.05, 0.1) is 12.3 Å². The second-order valence-electron chi connectivity index (χ2n) is 4.00. The molecule has 0 saturated heterocycles. The van der Waals surface area contributed by atoms with Crippen LogP contribution in [0.25, 0.3) is 0 Å². The number of nitrogens with zero attached hydrogens (tertiary/aromatic N) is 1. The van der Waals surface area contributed by atoms with Crippen LogP contribution in [0.4, 0.5) is 5.69 Å². The average molecular weight is 347 g/mol. The molecule has 0 fully saturated rings. The van der Waals surface area contributed by atoms with Crippen LogP contribution in [0.3, 0.4) is 0 Å². The van der Waals surface area contributed by atoms with Crippen LogP contribution >= 0.6 is 23.2 Å². The summed E-state index contributed by atoms with van der Waals surface area (Å²) in [7, 11) is -3.80. The Hall–Kier alpha value is -1.50. The number of ether oxygens (including phenoxy) is 1. The molecule has 0 radical (unpaired) electrons. The highest BCUT2D eigenvalue weighted by Crippen LogP contribution is 2.30. The quantitative estimate of drug-likeness (QED) is 0.840. The van der Waals surface area contributed by atoms with Gasteiger partial charge in [-0.1, -0.05) is 23.2 Å². The van der Waals surface area contributed by atoms with E-state index in [1.54, 1.807) is 19.1 Å². The zero-order chi connectivity index (χ0) is 15.5. The molecule has 2 rings (SSSR count). The molecule has 0 aliphatic rings. The first-order chi connectivity index (χ1) is 9.92. The van der Waals surface area contributed by atoms with Crippen molar-refractivity contribution in [3.63, 3.8) is 0 Å². The molecule has 1 aromatic carbocycles. The third-order valence-electron chi connectivity index (χ3n) is 2.50. The van der Waals surface area contributed by atoms with Gasteiger partial charge in [0.25, 0.3) is 10.0 Å². The molecule has 0 aliphatic carbocycles. The van der Waals surface area contributed by atoms with Gasteiger partial charge in [0.1, 0.15) is 15.8 Å². The van der Waals surface area contributed by atoms with Gasteiger partial charge in [-0.2, -0.15) is 0 Å². The van der Waals surface area contributed by atoms with Crippen molar-refractivity contribution >= 4 is 38.9 Å². The number of sulfonamides is 1.